The van der Waals surface area contributed by atoms with E-state index >= 15 is 0 Å². The summed E-state index contributed by atoms with van der Waals surface area (Å²) in [6.07, 6.45) is -4.40. The van der Waals surface area contributed by atoms with Gasteiger partial charge < -0.3 is 5.32 Å². The molecule has 1 fully saturated rings. The zero-order chi connectivity index (χ0) is 11.1. The van der Waals surface area contributed by atoms with E-state index in [0.29, 0.717) is 13.1 Å². The Morgan fingerprint density at radius 3 is 2.33 bits per heavy atom. The number of nitrogens with one attached hydrogen (secondary N) is 1. The molecule has 0 saturated carbocycles. The van der Waals surface area contributed by atoms with E-state index in [1.807, 2.05) is 0 Å². The fourth-order valence-electron chi connectivity index (χ4n) is 1.54. The molecule has 1 heterocycles. The van der Waals surface area contributed by atoms with Gasteiger partial charge in [-0.1, -0.05) is 0 Å². The van der Waals surface area contributed by atoms with Crippen LogP contribution in [0.15, 0.2) is 18.2 Å². The average molecular weight is 219 g/mol. The molecule has 1 saturated heterocycles. The van der Waals surface area contributed by atoms with E-state index in [-0.39, 0.29) is 11.5 Å². The van der Waals surface area contributed by atoms with Crippen LogP contribution in [0.25, 0.3) is 0 Å². The second-order valence-electron chi connectivity index (χ2n) is 3.59. The fourth-order valence-corrected chi connectivity index (χ4v) is 1.54. The number of alkyl halides is 3. The lowest BCUT2D eigenvalue weighted by molar-refractivity contribution is -0.137. The lowest BCUT2D eigenvalue weighted by atomic mass is 9.92. The van der Waals surface area contributed by atoms with E-state index in [1.54, 1.807) is 0 Å². The first-order valence-electron chi connectivity index (χ1n) is 4.56. The van der Waals surface area contributed by atoms with Crippen LogP contribution in [-0.4, -0.2) is 13.1 Å². The van der Waals surface area contributed by atoms with Crippen molar-refractivity contribution in [2.75, 3.05) is 13.1 Å². The highest BCUT2D eigenvalue weighted by atomic mass is 19.4. The summed E-state index contributed by atoms with van der Waals surface area (Å²) in [4.78, 5) is 0. The van der Waals surface area contributed by atoms with Gasteiger partial charge in [-0.2, -0.15) is 13.2 Å². The van der Waals surface area contributed by atoms with Crippen LogP contribution in [-0.2, 0) is 6.18 Å². The number of hydrogen-bond donors (Lipinski definition) is 1. The zero-order valence-corrected chi connectivity index (χ0v) is 7.74. The van der Waals surface area contributed by atoms with Gasteiger partial charge in [0.25, 0.3) is 0 Å². The van der Waals surface area contributed by atoms with Crippen molar-refractivity contribution in [2.45, 2.75) is 12.1 Å². The van der Waals surface area contributed by atoms with Gasteiger partial charge in [-0.25, -0.2) is 4.39 Å². The van der Waals surface area contributed by atoms with Crippen LogP contribution in [0, 0.1) is 5.82 Å². The molecule has 0 bridgehead atoms. The van der Waals surface area contributed by atoms with Crippen molar-refractivity contribution in [3.8, 4) is 0 Å². The molecular formula is C10H9F4N. The molecule has 82 valence electrons. The predicted octanol–water partition coefficient (Wildman–Crippen LogP) is 2.53. The summed E-state index contributed by atoms with van der Waals surface area (Å²) >= 11 is 0. The maximum Gasteiger partial charge on any atom is 0.416 e. The lowest BCUT2D eigenvalue weighted by Crippen LogP contribution is -2.40. The molecule has 0 unspecified atom stereocenters. The minimum absolute atomic E-state index is 0.132. The first kappa shape index (κ1) is 10.4. The number of halogens is 4. The van der Waals surface area contributed by atoms with Gasteiger partial charge in [-0.15, -0.1) is 0 Å². The Labute approximate surface area is 84.1 Å². The molecule has 1 aromatic rings. The Morgan fingerprint density at radius 2 is 1.87 bits per heavy atom. The molecule has 1 aromatic carbocycles. The van der Waals surface area contributed by atoms with Gasteiger partial charge >= 0.3 is 6.18 Å². The summed E-state index contributed by atoms with van der Waals surface area (Å²) in [6, 6.07) is 2.56. The van der Waals surface area contributed by atoms with Gasteiger partial charge in [-0.05, 0) is 23.8 Å². The summed E-state index contributed by atoms with van der Waals surface area (Å²) in [6.45, 7) is 1.08. The first-order chi connectivity index (χ1) is 6.98. The molecular weight excluding hydrogens is 210 g/mol. The van der Waals surface area contributed by atoms with Crippen LogP contribution >= 0.6 is 0 Å². The SMILES string of the molecule is Fc1ccc(C(F)(F)F)cc1C1CNC1. The summed E-state index contributed by atoms with van der Waals surface area (Å²) in [5.41, 5.74) is -0.630. The maximum atomic E-state index is 13.2. The third-order valence-electron chi connectivity index (χ3n) is 2.54. The normalized spacial score (nSPS) is 17.6. The van der Waals surface area contributed by atoms with Crippen LogP contribution in [0.1, 0.15) is 17.0 Å². The highest BCUT2D eigenvalue weighted by molar-refractivity contribution is 5.31. The minimum atomic E-state index is -4.40. The molecule has 0 atom stereocenters. The van der Waals surface area contributed by atoms with Crippen LogP contribution < -0.4 is 5.32 Å². The lowest BCUT2D eigenvalue weighted by Gasteiger charge is -2.28. The first-order valence-corrected chi connectivity index (χ1v) is 4.56. The van der Waals surface area contributed by atoms with Crippen molar-refractivity contribution in [1.29, 1.82) is 0 Å². The summed E-state index contributed by atoms with van der Waals surface area (Å²) in [5.74, 6) is -0.693. The van der Waals surface area contributed by atoms with Crippen LogP contribution in [0.4, 0.5) is 17.6 Å². The molecule has 0 amide bonds. The Morgan fingerprint density at radius 1 is 1.20 bits per heavy atom. The van der Waals surface area contributed by atoms with Crippen LogP contribution in [0.2, 0.25) is 0 Å². The smallest absolute Gasteiger partial charge is 0.315 e. The van der Waals surface area contributed by atoms with E-state index in [1.165, 1.54) is 0 Å². The maximum absolute atomic E-state index is 13.2. The zero-order valence-electron chi connectivity index (χ0n) is 7.74. The van der Waals surface area contributed by atoms with Gasteiger partial charge in [-0.3, -0.25) is 0 Å². The van der Waals surface area contributed by atoms with Crippen molar-refractivity contribution in [3.63, 3.8) is 0 Å². The van der Waals surface area contributed by atoms with E-state index in [2.05, 4.69) is 5.32 Å². The Hall–Kier alpha value is -1.10. The number of benzene rings is 1. The minimum Gasteiger partial charge on any atom is -0.315 e. The van der Waals surface area contributed by atoms with Crippen molar-refractivity contribution < 1.29 is 17.6 Å². The largest absolute Gasteiger partial charge is 0.416 e. The summed E-state index contributed by atoms with van der Waals surface area (Å²) in [7, 11) is 0. The Kier molecular flexibility index (Phi) is 2.42. The van der Waals surface area contributed by atoms with Gasteiger partial charge in [0.2, 0.25) is 0 Å². The molecule has 1 nitrogen and oxygen atoms in total. The Balaban J connectivity index is 2.36. The predicted molar refractivity (Wildman–Crippen MR) is 47.0 cm³/mol. The van der Waals surface area contributed by atoms with Gasteiger partial charge in [0.05, 0.1) is 5.56 Å². The second kappa shape index (κ2) is 3.48. The molecule has 1 aliphatic rings. The average Bonchev–Trinajstić information content (AvgIpc) is 2.03. The van der Waals surface area contributed by atoms with Crippen molar-refractivity contribution in [2.24, 2.45) is 0 Å². The third kappa shape index (κ3) is 1.97. The molecule has 2 rings (SSSR count). The van der Waals surface area contributed by atoms with E-state index < -0.39 is 17.6 Å². The quantitative estimate of drug-likeness (QED) is 0.715. The summed E-state index contributed by atoms with van der Waals surface area (Å²) in [5, 5.41) is 2.90. The molecule has 5 heteroatoms. The van der Waals surface area contributed by atoms with Gasteiger partial charge in [0.15, 0.2) is 0 Å². The highest BCUT2D eigenvalue weighted by Gasteiger charge is 2.32. The fraction of sp³-hybridized carbons (Fsp3) is 0.400. The molecule has 0 aromatic heterocycles. The third-order valence-corrected chi connectivity index (χ3v) is 2.54. The molecule has 1 aliphatic heterocycles. The van der Waals surface area contributed by atoms with Crippen molar-refractivity contribution in [3.05, 3.63) is 35.1 Å². The summed E-state index contributed by atoms with van der Waals surface area (Å²) < 4.78 is 50.3. The van der Waals surface area contributed by atoms with Gasteiger partial charge in [0, 0.05) is 19.0 Å². The molecule has 0 aliphatic carbocycles. The number of hydrogen-bond acceptors (Lipinski definition) is 1. The topological polar surface area (TPSA) is 12.0 Å². The Bertz CT molecular complexity index is 368. The molecule has 15 heavy (non-hydrogen) atoms. The van der Waals surface area contributed by atoms with Crippen LogP contribution in [0.5, 0.6) is 0 Å². The van der Waals surface area contributed by atoms with Crippen molar-refractivity contribution in [1.82, 2.24) is 5.32 Å². The van der Waals surface area contributed by atoms with Crippen LogP contribution in [0.3, 0.4) is 0 Å². The second-order valence-corrected chi connectivity index (χ2v) is 3.59. The van der Waals surface area contributed by atoms with E-state index in [4.69, 9.17) is 0 Å². The number of rotatable bonds is 1. The monoisotopic (exact) mass is 219 g/mol. The van der Waals surface area contributed by atoms with Gasteiger partial charge in [0.1, 0.15) is 5.82 Å². The van der Waals surface area contributed by atoms with E-state index in [9.17, 15) is 17.6 Å². The standard InChI is InChI=1S/C10H9F4N/c11-9-2-1-7(10(12,13)14)3-8(9)6-4-15-5-6/h1-3,6,15H,4-5H2. The van der Waals surface area contributed by atoms with Crippen molar-refractivity contribution >= 4 is 0 Å². The highest BCUT2D eigenvalue weighted by Crippen LogP contribution is 2.33. The van der Waals surface area contributed by atoms with E-state index in [0.717, 1.165) is 18.2 Å². The molecule has 0 radical (unpaired) electrons. The molecule has 0 spiro atoms. The molecule has 1 N–H and O–H groups in total.